The Balaban J connectivity index is 0.000000230. The fourth-order valence-electron chi connectivity index (χ4n) is 4.37. The molecule has 3 N–H and O–H groups in total. The molecule has 0 bridgehead atoms. The molecule has 2 unspecified atom stereocenters. The van der Waals surface area contributed by atoms with Crippen molar-refractivity contribution >= 4 is 49.9 Å². The summed E-state index contributed by atoms with van der Waals surface area (Å²) < 4.78 is 16.6. The Hall–Kier alpha value is -2.83. The molecule has 10 nitrogen and oxygen atoms in total. The Morgan fingerprint density at radius 3 is 1.95 bits per heavy atom. The van der Waals surface area contributed by atoms with Gasteiger partial charge in [0.05, 0.1) is 20.8 Å². The first-order valence-electron chi connectivity index (χ1n) is 12.1. The summed E-state index contributed by atoms with van der Waals surface area (Å²) >= 11 is 6.85. The van der Waals surface area contributed by atoms with Crippen LogP contribution >= 0.6 is 31.9 Å². The summed E-state index contributed by atoms with van der Waals surface area (Å²) in [4.78, 5) is 37.3. The third-order valence-electron chi connectivity index (χ3n) is 6.32. The molecule has 12 heteroatoms. The van der Waals surface area contributed by atoms with Gasteiger partial charge in [-0.05, 0) is 56.2 Å². The van der Waals surface area contributed by atoms with E-state index in [-0.39, 0.29) is 36.5 Å². The van der Waals surface area contributed by atoms with E-state index >= 15 is 0 Å². The van der Waals surface area contributed by atoms with Gasteiger partial charge in [-0.15, -0.1) is 0 Å². The third kappa shape index (κ3) is 7.23. The molecule has 2 atom stereocenters. The molecule has 0 spiro atoms. The van der Waals surface area contributed by atoms with Gasteiger partial charge in [0.15, 0.2) is 0 Å². The second-order valence-corrected chi connectivity index (χ2v) is 11.8. The number of hydrogen-bond donors (Lipinski definition) is 3. The number of carbonyl (C=O) groups is 3. The van der Waals surface area contributed by atoms with Crippen molar-refractivity contribution in [1.82, 2.24) is 10.2 Å². The maximum atomic E-state index is 12.5. The number of fused-ring (bicyclic) bond motifs is 2. The van der Waals surface area contributed by atoms with E-state index in [9.17, 15) is 24.6 Å². The zero-order valence-corrected chi connectivity index (χ0v) is 25.5. The fraction of sp³-hybridized carbons (Fsp3) is 0.444. The van der Waals surface area contributed by atoms with Crippen LogP contribution in [0.2, 0.25) is 0 Å². The summed E-state index contributed by atoms with van der Waals surface area (Å²) in [6, 6.07) is 5.56. The molecule has 2 aliphatic rings. The van der Waals surface area contributed by atoms with Crippen LogP contribution < -0.4 is 5.32 Å². The molecule has 0 radical (unpaired) electrons. The topological polar surface area (TPSA) is 135 Å². The van der Waals surface area contributed by atoms with E-state index in [2.05, 4.69) is 37.2 Å². The van der Waals surface area contributed by atoms with Crippen LogP contribution in [-0.2, 0) is 49.7 Å². The van der Waals surface area contributed by atoms with Crippen molar-refractivity contribution in [2.45, 2.75) is 64.4 Å². The zero-order chi connectivity index (χ0) is 29.1. The first kappa shape index (κ1) is 30.7. The second-order valence-electron chi connectivity index (χ2n) is 10.1. The van der Waals surface area contributed by atoms with Crippen molar-refractivity contribution in [3.05, 3.63) is 55.5 Å². The Morgan fingerprint density at radius 1 is 0.872 bits per heavy atom. The normalized spacial score (nSPS) is 18.1. The first-order chi connectivity index (χ1) is 18.3. The predicted octanol–water partition coefficient (Wildman–Crippen LogP) is 4.33. The van der Waals surface area contributed by atoms with Crippen molar-refractivity contribution in [1.29, 1.82) is 0 Å². The molecule has 0 aliphatic carbocycles. The highest BCUT2D eigenvalue weighted by molar-refractivity contribution is 9.10. The summed E-state index contributed by atoms with van der Waals surface area (Å²) in [5.74, 6) is -0.452. The van der Waals surface area contributed by atoms with Crippen molar-refractivity contribution < 1.29 is 38.8 Å². The van der Waals surface area contributed by atoms with Gasteiger partial charge in [-0.25, -0.2) is 9.59 Å². The first-order valence-corrected chi connectivity index (χ1v) is 13.7. The van der Waals surface area contributed by atoms with Crippen LogP contribution in [-0.4, -0.2) is 65.0 Å². The molecule has 0 aromatic heterocycles. The number of ether oxygens (including phenoxy) is 3. The lowest BCUT2D eigenvalue weighted by Gasteiger charge is -2.36. The standard InChI is InChI=1S/C16H20BrNO5.C11H12BrNO3/c1-16(2,3)23-15(21)18-8-10-9(7-12(18)14(20)22-4)11(17)5-6-13(10)19;1-16-11(15)9-4-6-7(5-13-9)10(14)3-2-8(6)12/h5-6,12,19H,7-8H2,1-4H3;2-3,9,13-14H,4-5H2,1H3. The molecule has 0 saturated carbocycles. The number of phenolic OH excluding ortho intramolecular Hbond substituents is 2. The molecule has 2 aliphatic heterocycles. The van der Waals surface area contributed by atoms with Crippen molar-refractivity contribution in [3.8, 4) is 11.5 Å². The minimum Gasteiger partial charge on any atom is -0.508 e. The maximum absolute atomic E-state index is 12.5. The quantitative estimate of drug-likeness (QED) is 0.315. The Morgan fingerprint density at radius 2 is 1.41 bits per heavy atom. The van der Waals surface area contributed by atoms with E-state index < -0.39 is 23.7 Å². The van der Waals surface area contributed by atoms with Crippen LogP contribution in [0.3, 0.4) is 0 Å². The van der Waals surface area contributed by atoms with E-state index in [0.717, 1.165) is 25.6 Å². The molecule has 1 amide bonds. The Bertz CT molecular complexity index is 1260. The monoisotopic (exact) mass is 670 g/mol. The van der Waals surface area contributed by atoms with Crippen LogP contribution in [0.4, 0.5) is 4.79 Å². The highest BCUT2D eigenvalue weighted by Gasteiger charge is 2.39. The van der Waals surface area contributed by atoms with Crippen LogP contribution in [0, 0.1) is 0 Å². The van der Waals surface area contributed by atoms with Crippen LogP contribution in [0.25, 0.3) is 0 Å². The van der Waals surface area contributed by atoms with Gasteiger partial charge >= 0.3 is 18.0 Å². The molecule has 0 saturated heterocycles. The maximum Gasteiger partial charge on any atom is 0.411 e. The van der Waals surface area contributed by atoms with Gasteiger partial charge in [-0.2, -0.15) is 0 Å². The Kier molecular flexibility index (Phi) is 9.89. The highest BCUT2D eigenvalue weighted by atomic mass is 79.9. The van der Waals surface area contributed by atoms with Gasteiger partial charge in [-0.1, -0.05) is 31.9 Å². The van der Waals surface area contributed by atoms with E-state index in [1.807, 2.05) is 0 Å². The number of phenols is 2. The Labute approximate surface area is 243 Å². The molecule has 4 rings (SSSR count). The molecular weight excluding hydrogens is 640 g/mol. The summed E-state index contributed by atoms with van der Waals surface area (Å²) in [6.45, 7) is 5.81. The largest absolute Gasteiger partial charge is 0.508 e. The molecule has 2 heterocycles. The third-order valence-corrected chi connectivity index (χ3v) is 7.81. The van der Waals surface area contributed by atoms with Crippen molar-refractivity contribution in [2.75, 3.05) is 14.2 Å². The van der Waals surface area contributed by atoms with Crippen molar-refractivity contribution in [3.63, 3.8) is 0 Å². The lowest BCUT2D eigenvalue weighted by molar-refractivity contribution is -0.147. The fourth-order valence-corrected chi connectivity index (χ4v) is 5.44. The number of esters is 2. The lowest BCUT2D eigenvalue weighted by atomic mass is 9.93. The molecule has 2 aromatic carbocycles. The van der Waals surface area contributed by atoms with Gasteiger partial charge in [0, 0.05) is 39.5 Å². The zero-order valence-electron chi connectivity index (χ0n) is 22.3. The number of rotatable bonds is 2. The molecule has 2 aromatic rings. The van der Waals surface area contributed by atoms with Crippen LogP contribution in [0.15, 0.2) is 33.2 Å². The number of carbonyl (C=O) groups excluding carboxylic acids is 3. The van der Waals surface area contributed by atoms with Crippen molar-refractivity contribution in [2.24, 2.45) is 0 Å². The number of methoxy groups -OCH3 is 2. The summed E-state index contributed by atoms with van der Waals surface area (Å²) in [6.07, 6.45) is 0.158. The number of benzene rings is 2. The molecule has 212 valence electrons. The number of aromatic hydroxyl groups is 2. The minimum absolute atomic E-state index is 0.0787. The van der Waals surface area contributed by atoms with E-state index in [1.165, 1.54) is 19.1 Å². The van der Waals surface area contributed by atoms with Crippen LogP contribution in [0.5, 0.6) is 11.5 Å². The summed E-state index contributed by atoms with van der Waals surface area (Å²) in [5.41, 5.74) is 2.52. The van der Waals surface area contributed by atoms with Gasteiger partial charge in [0.2, 0.25) is 0 Å². The minimum atomic E-state index is -0.791. The predicted molar refractivity (Wildman–Crippen MR) is 149 cm³/mol. The summed E-state index contributed by atoms with van der Waals surface area (Å²) in [7, 11) is 2.65. The molecule has 39 heavy (non-hydrogen) atoms. The SMILES string of the molecule is COC(=O)C1Cc2c(Br)ccc(O)c2CN1.COC(=O)C1Cc2c(Br)ccc(O)c2CN1C(=O)OC(C)(C)C. The van der Waals surface area contributed by atoms with E-state index in [4.69, 9.17) is 14.2 Å². The average molecular weight is 672 g/mol. The average Bonchev–Trinajstić information content (AvgIpc) is 2.90. The number of nitrogens with one attached hydrogen (secondary N) is 1. The number of amides is 1. The lowest BCUT2D eigenvalue weighted by Crippen LogP contribution is -2.50. The van der Waals surface area contributed by atoms with Gasteiger partial charge in [-0.3, -0.25) is 15.0 Å². The number of nitrogens with zero attached hydrogens (tertiary/aromatic N) is 1. The highest BCUT2D eigenvalue weighted by Crippen LogP contribution is 2.36. The van der Waals surface area contributed by atoms with E-state index in [1.54, 1.807) is 45.0 Å². The number of halogens is 2. The molecular formula is C27H32Br2N2O8. The summed E-state index contributed by atoms with van der Waals surface area (Å²) in [5, 5.41) is 22.8. The molecule has 0 fully saturated rings. The second kappa shape index (κ2) is 12.6. The van der Waals surface area contributed by atoms with Gasteiger partial charge in [0.1, 0.15) is 29.2 Å². The van der Waals surface area contributed by atoms with E-state index in [0.29, 0.717) is 18.5 Å². The smallest absolute Gasteiger partial charge is 0.411 e. The van der Waals surface area contributed by atoms with Gasteiger partial charge in [0.25, 0.3) is 0 Å². The van der Waals surface area contributed by atoms with Crippen LogP contribution in [0.1, 0.15) is 43.0 Å². The number of hydrogen-bond acceptors (Lipinski definition) is 9. The van der Waals surface area contributed by atoms with Gasteiger partial charge < -0.3 is 24.4 Å².